The Morgan fingerprint density at radius 1 is 1.14 bits per heavy atom. The highest BCUT2D eigenvalue weighted by atomic mass is 35.5. The molecule has 0 amide bonds. The topological polar surface area (TPSA) is 42.7 Å². The predicted molar refractivity (Wildman–Crippen MR) is 87.0 cm³/mol. The molecular formula is C15H14Cl2N4. The molecule has 0 aliphatic carbocycles. The molecule has 1 aromatic carbocycles. The van der Waals surface area contributed by atoms with Crippen LogP contribution in [0.3, 0.4) is 0 Å². The Kier molecular flexibility index (Phi) is 3.74. The van der Waals surface area contributed by atoms with E-state index in [0.717, 1.165) is 28.2 Å². The average molecular weight is 321 g/mol. The van der Waals surface area contributed by atoms with Crippen molar-refractivity contribution in [3.63, 3.8) is 0 Å². The van der Waals surface area contributed by atoms with Crippen molar-refractivity contribution in [2.45, 2.75) is 13.5 Å². The van der Waals surface area contributed by atoms with Gasteiger partial charge in [0.1, 0.15) is 11.0 Å². The van der Waals surface area contributed by atoms with Crippen molar-refractivity contribution in [1.82, 2.24) is 14.5 Å². The third-order valence-corrected chi connectivity index (χ3v) is 4.24. The van der Waals surface area contributed by atoms with Crippen LogP contribution >= 0.6 is 23.2 Å². The number of aryl methyl sites for hydroxylation is 1. The standard InChI is InChI=1S/C15H14Cl2N4/c1-9-15(20-13-6-4-3-5-12(13)19-9)18-8-10-7-11(16)14(17)21(10)2/h3-7H,8H2,1-2H3,(H,18,20). The zero-order valence-electron chi connectivity index (χ0n) is 11.7. The Balaban J connectivity index is 1.88. The van der Waals surface area contributed by atoms with Crippen LogP contribution < -0.4 is 5.32 Å². The quantitative estimate of drug-likeness (QED) is 0.786. The maximum atomic E-state index is 6.06. The number of halogens is 2. The van der Waals surface area contributed by atoms with Crippen LogP contribution in [0.2, 0.25) is 10.2 Å². The number of nitrogens with zero attached hydrogens (tertiary/aromatic N) is 3. The zero-order valence-corrected chi connectivity index (χ0v) is 13.2. The first-order chi connectivity index (χ1) is 10.1. The summed E-state index contributed by atoms with van der Waals surface area (Å²) in [4.78, 5) is 9.15. The summed E-state index contributed by atoms with van der Waals surface area (Å²) in [5.74, 6) is 0.766. The third kappa shape index (κ3) is 2.69. The number of fused-ring (bicyclic) bond motifs is 1. The second-order valence-electron chi connectivity index (χ2n) is 4.83. The first-order valence-electron chi connectivity index (χ1n) is 6.53. The van der Waals surface area contributed by atoms with Gasteiger partial charge in [0.25, 0.3) is 0 Å². The number of rotatable bonds is 3. The molecule has 3 rings (SSSR count). The van der Waals surface area contributed by atoms with Crippen molar-refractivity contribution in [2.24, 2.45) is 7.05 Å². The van der Waals surface area contributed by atoms with Crippen LogP contribution in [0, 0.1) is 6.92 Å². The SMILES string of the molecule is Cc1nc2ccccc2nc1NCc1cc(Cl)c(Cl)n1C. The summed E-state index contributed by atoms with van der Waals surface area (Å²) >= 11 is 12.1. The molecule has 0 fully saturated rings. The van der Waals surface area contributed by atoms with Crippen LogP contribution in [-0.4, -0.2) is 14.5 Å². The number of para-hydroxylation sites is 2. The predicted octanol–water partition coefficient (Wildman–Crippen LogP) is 4.20. The van der Waals surface area contributed by atoms with E-state index in [0.29, 0.717) is 16.7 Å². The van der Waals surface area contributed by atoms with Gasteiger partial charge >= 0.3 is 0 Å². The second kappa shape index (κ2) is 5.54. The van der Waals surface area contributed by atoms with Crippen LogP contribution in [-0.2, 0) is 13.6 Å². The Labute approximate surface area is 132 Å². The first-order valence-corrected chi connectivity index (χ1v) is 7.28. The van der Waals surface area contributed by atoms with Crippen molar-refractivity contribution >= 4 is 40.1 Å². The van der Waals surface area contributed by atoms with Crippen LogP contribution in [0.25, 0.3) is 11.0 Å². The van der Waals surface area contributed by atoms with E-state index >= 15 is 0 Å². The van der Waals surface area contributed by atoms with Crippen molar-refractivity contribution in [2.75, 3.05) is 5.32 Å². The minimum Gasteiger partial charge on any atom is -0.363 e. The van der Waals surface area contributed by atoms with Gasteiger partial charge in [0.15, 0.2) is 0 Å². The Hall–Kier alpha value is -1.78. The smallest absolute Gasteiger partial charge is 0.148 e. The number of hydrogen-bond donors (Lipinski definition) is 1. The third-order valence-electron chi connectivity index (χ3n) is 3.40. The summed E-state index contributed by atoms with van der Waals surface area (Å²) in [5.41, 5.74) is 3.61. The van der Waals surface area contributed by atoms with Crippen molar-refractivity contribution in [3.8, 4) is 0 Å². The van der Waals surface area contributed by atoms with E-state index in [1.807, 2.05) is 48.9 Å². The molecular weight excluding hydrogens is 307 g/mol. The van der Waals surface area contributed by atoms with Gasteiger partial charge in [-0.2, -0.15) is 0 Å². The van der Waals surface area contributed by atoms with E-state index < -0.39 is 0 Å². The maximum absolute atomic E-state index is 6.06. The molecule has 21 heavy (non-hydrogen) atoms. The molecule has 6 heteroatoms. The van der Waals surface area contributed by atoms with E-state index in [-0.39, 0.29) is 0 Å². The number of nitrogens with one attached hydrogen (secondary N) is 1. The minimum atomic E-state index is 0.537. The number of aromatic nitrogens is 3. The van der Waals surface area contributed by atoms with Gasteiger partial charge in [-0.05, 0) is 25.1 Å². The second-order valence-corrected chi connectivity index (χ2v) is 5.60. The molecule has 0 spiro atoms. The first kappa shape index (κ1) is 14.2. The normalized spacial score (nSPS) is 11.0. The molecule has 0 radical (unpaired) electrons. The van der Waals surface area contributed by atoms with Gasteiger partial charge in [-0.1, -0.05) is 35.3 Å². The van der Waals surface area contributed by atoms with Gasteiger partial charge in [-0.3, -0.25) is 0 Å². The molecule has 0 aliphatic heterocycles. The molecule has 0 atom stereocenters. The number of benzene rings is 1. The molecule has 2 aromatic heterocycles. The lowest BCUT2D eigenvalue weighted by molar-refractivity contribution is 0.840. The Morgan fingerprint density at radius 2 is 1.81 bits per heavy atom. The van der Waals surface area contributed by atoms with Crippen LogP contribution in [0.5, 0.6) is 0 Å². The van der Waals surface area contributed by atoms with Crippen molar-refractivity contribution in [1.29, 1.82) is 0 Å². The minimum absolute atomic E-state index is 0.537. The van der Waals surface area contributed by atoms with Gasteiger partial charge in [-0.15, -0.1) is 0 Å². The van der Waals surface area contributed by atoms with E-state index in [1.165, 1.54) is 0 Å². The fraction of sp³-hybridized carbons (Fsp3) is 0.200. The van der Waals surface area contributed by atoms with Gasteiger partial charge in [0, 0.05) is 12.7 Å². The zero-order chi connectivity index (χ0) is 15.0. The number of anilines is 1. The van der Waals surface area contributed by atoms with E-state index in [9.17, 15) is 0 Å². The highest BCUT2D eigenvalue weighted by Gasteiger charge is 2.10. The Bertz CT molecular complexity index is 811. The maximum Gasteiger partial charge on any atom is 0.148 e. The fourth-order valence-electron chi connectivity index (χ4n) is 2.19. The summed E-state index contributed by atoms with van der Waals surface area (Å²) in [6.07, 6.45) is 0. The van der Waals surface area contributed by atoms with Crippen LogP contribution in [0.1, 0.15) is 11.4 Å². The summed E-state index contributed by atoms with van der Waals surface area (Å²) in [5, 5.41) is 4.38. The van der Waals surface area contributed by atoms with E-state index in [2.05, 4.69) is 15.3 Å². The summed E-state index contributed by atoms with van der Waals surface area (Å²) in [6.45, 7) is 2.52. The van der Waals surface area contributed by atoms with Gasteiger partial charge in [0.05, 0.1) is 28.3 Å². The largest absolute Gasteiger partial charge is 0.363 e. The molecule has 4 nitrogen and oxygen atoms in total. The van der Waals surface area contributed by atoms with Crippen molar-refractivity contribution < 1.29 is 0 Å². The molecule has 0 bridgehead atoms. The Morgan fingerprint density at radius 3 is 2.43 bits per heavy atom. The molecule has 2 heterocycles. The average Bonchev–Trinajstić information content (AvgIpc) is 2.72. The van der Waals surface area contributed by atoms with E-state index in [4.69, 9.17) is 23.2 Å². The van der Waals surface area contributed by atoms with Gasteiger partial charge in [-0.25, -0.2) is 9.97 Å². The summed E-state index contributed by atoms with van der Waals surface area (Å²) in [7, 11) is 1.88. The summed E-state index contributed by atoms with van der Waals surface area (Å²) in [6, 6.07) is 9.66. The van der Waals surface area contributed by atoms with Crippen LogP contribution in [0.15, 0.2) is 30.3 Å². The number of hydrogen-bond acceptors (Lipinski definition) is 3. The van der Waals surface area contributed by atoms with E-state index in [1.54, 1.807) is 0 Å². The highest BCUT2D eigenvalue weighted by molar-refractivity contribution is 6.41. The lowest BCUT2D eigenvalue weighted by atomic mass is 10.3. The molecule has 0 saturated carbocycles. The molecule has 0 aliphatic rings. The van der Waals surface area contributed by atoms with Crippen molar-refractivity contribution in [3.05, 3.63) is 51.9 Å². The molecule has 108 valence electrons. The molecule has 0 unspecified atom stereocenters. The molecule has 0 saturated heterocycles. The fourth-order valence-corrected chi connectivity index (χ4v) is 2.60. The lowest BCUT2D eigenvalue weighted by Gasteiger charge is -2.10. The molecule has 1 N–H and O–H groups in total. The highest BCUT2D eigenvalue weighted by Crippen LogP contribution is 2.26. The van der Waals surface area contributed by atoms with Gasteiger partial charge < -0.3 is 9.88 Å². The van der Waals surface area contributed by atoms with Crippen LogP contribution in [0.4, 0.5) is 5.82 Å². The molecule has 3 aromatic rings. The van der Waals surface area contributed by atoms with Gasteiger partial charge in [0.2, 0.25) is 0 Å². The summed E-state index contributed by atoms with van der Waals surface area (Å²) < 4.78 is 1.85. The monoisotopic (exact) mass is 320 g/mol. The lowest BCUT2D eigenvalue weighted by Crippen LogP contribution is -2.08.